The molecule has 0 aromatic heterocycles. The van der Waals surface area contributed by atoms with Crippen LogP contribution in [0.3, 0.4) is 0 Å². The van der Waals surface area contributed by atoms with Gasteiger partial charge in [-0.3, -0.25) is 9.69 Å². The highest BCUT2D eigenvalue weighted by molar-refractivity contribution is 7.81. The van der Waals surface area contributed by atoms with Crippen LogP contribution in [0.4, 0.5) is 11.4 Å². The number of anilines is 2. The van der Waals surface area contributed by atoms with E-state index in [-0.39, 0.29) is 11.4 Å². The van der Waals surface area contributed by atoms with Gasteiger partial charge in [0.25, 0.3) is 5.91 Å². The summed E-state index contributed by atoms with van der Waals surface area (Å²) in [4.78, 5) is 14.3. The van der Waals surface area contributed by atoms with Crippen molar-refractivity contribution in [3.8, 4) is 0 Å². The van der Waals surface area contributed by atoms with Crippen LogP contribution < -0.4 is 10.2 Å². The Hall–Kier alpha value is -1.94. The summed E-state index contributed by atoms with van der Waals surface area (Å²) in [6.45, 7) is 1.98. The minimum atomic E-state index is -0.358. The summed E-state index contributed by atoms with van der Waals surface area (Å²) in [5.41, 5.74) is 3.10. The summed E-state index contributed by atoms with van der Waals surface area (Å²) >= 11 is 4.49. The van der Waals surface area contributed by atoms with Crippen LogP contribution in [0.1, 0.15) is 15.9 Å². The first-order chi connectivity index (χ1) is 9.18. The highest BCUT2D eigenvalue weighted by Gasteiger charge is 2.31. The second-order valence-electron chi connectivity index (χ2n) is 4.53. The SMILES string of the molecule is Cc1cccc2c1NC(S)N(c1ccccc1)C2=O. The Morgan fingerprint density at radius 3 is 2.58 bits per heavy atom. The lowest BCUT2D eigenvalue weighted by Crippen LogP contribution is -2.46. The van der Waals surface area contributed by atoms with Crippen molar-refractivity contribution >= 4 is 29.9 Å². The predicted molar refractivity (Wildman–Crippen MR) is 80.8 cm³/mol. The summed E-state index contributed by atoms with van der Waals surface area (Å²) in [5.74, 6) is -0.0244. The molecule has 1 heterocycles. The highest BCUT2D eigenvalue weighted by atomic mass is 32.1. The number of hydrogen-bond donors (Lipinski definition) is 2. The Morgan fingerprint density at radius 2 is 1.84 bits per heavy atom. The van der Waals surface area contributed by atoms with Gasteiger partial charge in [-0.1, -0.05) is 30.3 Å². The van der Waals surface area contributed by atoms with Gasteiger partial charge in [0.1, 0.15) is 0 Å². The van der Waals surface area contributed by atoms with E-state index >= 15 is 0 Å². The van der Waals surface area contributed by atoms with E-state index in [9.17, 15) is 4.79 Å². The summed E-state index contributed by atoms with van der Waals surface area (Å²) < 4.78 is 0. The average molecular weight is 270 g/mol. The molecule has 0 saturated heterocycles. The Kier molecular flexibility index (Phi) is 2.95. The van der Waals surface area contributed by atoms with Crippen molar-refractivity contribution < 1.29 is 4.79 Å². The van der Waals surface area contributed by atoms with Crippen molar-refractivity contribution in [2.45, 2.75) is 12.4 Å². The summed E-state index contributed by atoms with van der Waals surface area (Å²) in [6.07, 6.45) is 0. The number of carbonyl (C=O) groups is 1. The van der Waals surface area contributed by atoms with Gasteiger partial charge in [0, 0.05) is 5.69 Å². The maximum absolute atomic E-state index is 12.6. The van der Waals surface area contributed by atoms with Crippen LogP contribution in [-0.4, -0.2) is 11.4 Å². The van der Waals surface area contributed by atoms with Crippen LogP contribution in [0.5, 0.6) is 0 Å². The average Bonchev–Trinajstić information content (AvgIpc) is 2.41. The van der Waals surface area contributed by atoms with Crippen LogP contribution in [-0.2, 0) is 0 Å². The molecule has 2 aromatic rings. The van der Waals surface area contributed by atoms with Gasteiger partial charge >= 0.3 is 0 Å². The lowest BCUT2D eigenvalue weighted by Gasteiger charge is -2.35. The number of rotatable bonds is 1. The zero-order chi connectivity index (χ0) is 13.4. The van der Waals surface area contributed by atoms with Gasteiger partial charge < -0.3 is 5.32 Å². The smallest absolute Gasteiger partial charge is 0.262 e. The summed E-state index contributed by atoms with van der Waals surface area (Å²) in [6, 6.07) is 15.3. The Bertz CT molecular complexity index is 627. The largest absolute Gasteiger partial charge is 0.356 e. The molecule has 1 N–H and O–H groups in total. The number of carbonyl (C=O) groups excluding carboxylic acids is 1. The first-order valence-electron chi connectivity index (χ1n) is 6.11. The van der Waals surface area contributed by atoms with Crippen LogP contribution in [0.2, 0.25) is 0 Å². The molecule has 1 aliphatic rings. The molecule has 3 rings (SSSR count). The zero-order valence-corrected chi connectivity index (χ0v) is 11.4. The third kappa shape index (κ3) is 1.98. The lowest BCUT2D eigenvalue weighted by molar-refractivity contribution is 0.0983. The molecule has 0 bridgehead atoms. The number of amides is 1. The third-order valence-corrected chi connectivity index (χ3v) is 3.63. The molecule has 1 aliphatic heterocycles. The molecule has 19 heavy (non-hydrogen) atoms. The maximum atomic E-state index is 12.6. The Labute approximate surface area is 117 Å². The summed E-state index contributed by atoms with van der Waals surface area (Å²) in [5, 5.41) is 3.28. The van der Waals surface area contributed by atoms with Crippen molar-refractivity contribution in [2.24, 2.45) is 0 Å². The molecule has 96 valence electrons. The van der Waals surface area contributed by atoms with Gasteiger partial charge in [-0.2, -0.15) is 0 Å². The number of benzene rings is 2. The molecule has 0 aliphatic carbocycles. The van der Waals surface area contributed by atoms with E-state index in [0.717, 1.165) is 16.9 Å². The minimum absolute atomic E-state index is 0.0244. The predicted octanol–water partition coefficient (Wildman–Crippen LogP) is 3.28. The number of thiol groups is 1. The van der Waals surface area contributed by atoms with Gasteiger partial charge in [0.2, 0.25) is 0 Å². The quantitative estimate of drug-likeness (QED) is 0.779. The number of fused-ring (bicyclic) bond motifs is 1. The minimum Gasteiger partial charge on any atom is -0.356 e. The molecule has 1 amide bonds. The fourth-order valence-electron chi connectivity index (χ4n) is 2.32. The van der Waals surface area contributed by atoms with Crippen molar-refractivity contribution in [1.82, 2.24) is 0 Å². The molecule has 4 heteroatoms. The third-order valence-electron chi connectivity index (χ3n) is 3.27. The Morgan fingerprint density at radius 1 is 1.11 bits per heavy atom. The number of nitrogens with zero attached hydrogens (tertiary/aromatic N) is 1. The van der Waals surface area contributed by atoms with Gasteiger partial charge in [-0.05, 0) is 30.7 Å². The fourth-order valence-corrected chi connectivity index (χ4v) is 2.69. The topological polar surface area (TPSA) is 32.3 Å². The second kappa shape index (κ2) is 4.63. The molecule has 1 unspecified atom stereocenters. The lowest BCUT2D eigenvalue weighted by atomic mass is 10.0. The standard InChI is InChI=1S/C15H14N2OS/c1-10-6-5-9-12-13(10)16-15(19)17(14(12)18)11-7-3-2-4-8-11/h2-9,15-16,19H,1H3. The van der Waals surface area contributed by atoms with Gasteiger partial charge in [0.05, 0.1) is 11.3 Å². The van der Waals surface area contributed by atoms with Gasteiger partial charge in [0.15, 0.2) is 5.50 Å². The van der Waals surface area contributed by atoms with Crippen molar-refractivity contribution in [3.63, 3.8) is 0 Å². The number of para-hydroxylation sites is 2. The monoisotopic (exact) mass is 270 g/mol. The maximum Gasteiger partial charge on any atom is 0.262 e. The van der Waals surface area contributed by atoms with Crippen molar-refractivity contribution in [2.75, 3.05) is 10.2 Å². The molecule has 0 radical (unpaired) electrons. The van der Waals surface area contributed by atoms with E-state index in [1.165, 1.54) is 0 Å². The summed E-state index contributed by atoms with van der Waals surface area (Å²) in [7, 11) is 0. The first-order valence-corrected chi connectivity index (χ1v) is 6.63. The molecule has 1 atom stereocenters. The van der Waals surface area contributed by atoms with E-state index in [2.05, 4.69) is 17.9 Å². The zero-order valence-electron chi connectivity index (χ0n) is 10.5. The van der Waals surface area contributed by atoms with Crippen LogP contribution in [0, 0.1) is 6.92 Å². The van der Waals surface area contributed by atoms with E-state index in [1.54, 1.807) is 4.90 Å². The first kappa shape index (κ1) is 12.1. The molecule has 2 aromatic carbocycles. The second-order valence-corrected chi connectivity index (χ2v) is 5.02. The van der Waals surface area contributed by atoms with Crippen LogP contribution in [0.25, 0.3) is 0 Å². The fraction of sp³-hybridized carbons (Fsp3) is 0.133. The highest BCUT2D eigenvalue weighted by Crippen LogP contribution is 2.32. The van der Waals surface area contributed by atoms with Crippen molar-refractivity contribution in [1.29, 1.82) is 0 Å². The molecular formula is C15H14N2OS. The Balaban J connectivity index is 2.09. The van der Waals surface area contributed by atoms with E-state index in [4.69, 9.17) is 0 Å². The number of nitrogens with one attached hydrogen (secondary N) is 1. The molecule has 0 spiro atoms. The molecule has 0 fully saturated rings. The van der Waals surface area contributed by atoms with E-state index in [0.29, 0.717) is 5.56 Å². The van der Waals surface area contributed by atoms with E-state index in [1.807, 2.05) is 55.5 Å². The normalized spacial score (nSPS) is 17.9. The van der Waals surface area contributed by atoms with Crippen LogP contribution >= 0.6 is 12.6 Å². The number of aryl methyl sites for hydroxylation is 1. The van der Waals surface area contributed by atoms with Crippen molar-refractivity contribution in [3.05, 3.63) is 59.7 Å². The van der Waals surface area contributed by atoms with Gasteiger partial charge in [-0.25, -0.2) is 0 Å². The molecular weight excluding hydrogens is 256 g/mol. The number of hydrogen-bond acceptors (Lipinski definition) is 3. The van der Waals surface area contributed by atoms with E-state index < -0.39 is 0 Å². The molecule has 0 saturated carbocycles. The molecule has 3 nitrogen and oxygen atoms in total. The van der Waals surface area contributed by atoms with Crippen LogP contribution in [0.15, 0.2) is 48.5 Å². The van der Waals surface area contributed by atoms with Gasteiger partial charge in [-0.15, -0.1) is 12.6 Å².